The molecule has 1 aliphatic heterocycles. The smallest absolute Gasteiger partial charge is 0.251 e. The second-order valence-corrected chi connectivity index (χ2v) is 5.90. The summed E-state index contributed by atoms with van der Waals surface area (Å²) in [6, 6.07) is 5.28. The number of ether oxygens (including phenoxy) is 2. The number of anilines is 1. The van der Waals surface area contributed by atoms with Crippen molar-refractivity contribution in [1.82, 2.24) is 5.32 Å². The molecule has 1 heterocycles. The molecule has 1 atom stereocenters. The van der Waals surface area contributed by atoms with Gasteiger partial charge in [0.25, 0.3) is 5.91 Å². The normalized spacial score (nSPS) is 16.8. The summed E-state index contributed by atoms with van der Waals surface area (Å²) in [5.41, 5.74) is 2.10. The number of benzene rings is 1. The summed E-state index contributed by atoms with van der Waals surface area (Å²) >= 11 is 0. The van der Waals surface area contributed by atoms with Gasteiger partial charge in [0.1, 0.15) is 0 Å². The fraction of sp³-hybridized carbons (Fsp3) is 0.556. The number of aryl methyl sites for hydroxylation is 1. The predicted octanol–water partition coefficient (Wildman–Crippen LogP) is 2.27. The van der Waals surface area contributed by atoms with Gasteiger partial charge in [-0.2, -0.15) is 0 Å². The Morgan fingerprint density at radius 2 is 2.21 bits per heavy atom. The molecule has 2 amide bonds. The molecule has 0 saturated carbocycles. The second kappa shape index (κ2) is 9.39. The van der Waals surface area contributed by atoms with Gasteiger partial charge in [0.15, 0.2) is 0 Å². The Kier molecular flexibility index (Phi) is 7.21. The number of rotatable bonds is 8. The fourth-order valence-corrected chi connectivity index (χ4v) is 2.53. The van der Waals surface area contributed by atoms with Crippen molar-refractivity contribution < 1.29 is 19.1 Å². The van der Waals surface area contributed by atoms with E-state index in [1.807, 2.05) is 19.9 Å². The monoisotopic (exact) mass is 334 g/mol. The Hall–Kier alpha value is -1.92. The molecule has 0 bridgehead atoms. The molecule has 0 aliphatic carbocycles. The third-order valence-corrected chi connectivity index (χ3v) is 3.91. The zero-order chi connectivity index (χ0) is 17.4. The average Bonchev–Trinajstić information content (AvgIpc) is 3.07. The Balaban J connectivity index is 1.79. The first-order chi connectivity index (χ1) is 11.6. The van der Waals surface area contributed by atoms with Crippen LogP contribution in [0.5, 0.6) is 0 Å². The van der Waals surface area contributed by atoms with E-state index >= 15 is 0 Å². The minimum absolute atomic E-state index is 0.126. The molecule has 6 heteroatoms. The maximum atomic E-state index is 12.0. The predicted molar refractivity (Wildman–Crippen MR) is 92.2 cm³/mol. The summed E-state index contributed by atoms with van der Waals surface area (Å²) < 4.78 is 11.0. The molecule has 0 radical (unpaired) electrons. The van der Waals surface area contributed by atoms with Crippen molar-refractivity contribution in [3.63, 3.8) is 0 Å². The third kappa shape index (κ3) is 5.62. The lowest BCUT2D eigenvalue weighted by atomic mass is 10.1. The van der Waals surface area contributed by atoms with Crippen molar-refractivity contribution in [1.29, 1.82) is 0 Å². The van der Waals surface area contributed by atoms with Crippen LogP contribution in [-0.4, -0.2) is 44.3 Å². The number of carbonyl (C=O) groups is 2. The molecule has 132 valence electrons. The van der Waals surface area contributed by atoms with Crippen LogP contribution < -0.4 is 10.6 Å². The largest absolute Gasteiger partial charge is 0.378 e. The Bertz CT molecular complexity index is 568. The van der Waals surface area contributed by atoms with Crippen LogP contribution in [0.25, 0.3) is 0 Å². The first-order valence-electron chi connectivity index (χ1n) is 8.48. The van der Waals surface area contributed by atoms with Crippen molar-refractivity contribution in [2.24, 2.45) is 0 Å². The van der Waals surface area contributed by atoms with E-state index in [-0.39, 0.29) is 24.3 Å². The van der Waals surface area contributed by atoms with Crippen LogP contribution in [-0.2, 0) is 14.3 Å². The fourth-order valence-electron chi connectivity index (χ4n) is 2.53. The van der Waals surface area contributed by atoms with E-state index < -0.39 is 0 Å². The van der Waals surface area contributed by atoms with Crippen LogP contribution in [0.3, 0.4) is 0 Å². The van der Waals surface area contributed by atoms with E-state index in [0.29, 0.717) is 31.0 Å². The molecular formula is C18H26N2O4. The highest BCUT2D eigenvalue weighted by atomic mass is 16.5. The van der Waals surface area contributed by atoms with Gasteiger partial charge in [0.05, 0.1) is 25.7 Å². The first kappa shape index (κ1) is 18.4. The number of carbonyl (C=O) groups excluding carboxylic acids is 2. The number of hydrogen-bond donors (Lipinski definition) is 2. The zero-order valence-electron chi connectivity index (χ0n) is 14.4. The lowest BCUT2D eigenvalue weighted by Gasteiger charge is -2.12. The Morgan fingerprint density at radius 3 is 2.92 bits per heavy atom. The Morgan fingerprint density at radius 1 is 1.38 bits per heavy atom. The number of amides is 2. The highest BCUT2D eigenvalue weighted by Gasteiger charge is 2.15. The summed E-state index contributed by atoms with van der Waals surface area (Å²) in [5, 5.41) is 5.59. The molecule has 1 unspecified atom stereocenters. The molecule has 1 aromatic carbocycles. The van der Waals surface area contributed by atoms with Crippen molar-refractivity contribution in [2.75, 3.05) is 31.7 Å². The topological polar surface area (TPSA) is 76.7 Å². The summed E-state index contributed by atoms with van der Waals surface area (Å²) in [5.74, 6) is -0.272. The van der Waals surface area contributed by atoms with Gasteiger partial charge in [0, 0.05) is 24.4 Å². The lowest BCUT2D eigenvalue weighted by Crippen LogP contribution is -2.23. The quantitative estimate of drug-likeness (QED) is 0.715. The molecule has 0 aromatic heterocycles. The van der Waals surface area contributed by atoms with Crippen LogP contribution in [0.2, 0.25) is 0 Å². The molecule has 24 heavy (non-hydrogen) atoms. The summed E-state index contributed by atoms with van der Waals surface area (Å²) in [4.78, 5) is 23.9. The molecule has 1 aromatic rings. The summed E-state index contributed by atoms with van der Waals surface area (Å²) in [6.45, 7) is 6.03. The maximum absolute atomic E-state index is 12.0. The van der Waals surface area contributed by atoms with Gasteiger partial charge in [-0.1, -0.05) is 6.07 Å². The van der Waals surface area contributed by atoms with Crippen molar-refractivity contribution in [3.05, 3.63) is 29.3 Å². The van der Waals surface area contributed by atoms with Crippen molar-refractivity contribution in [2.45, 2.75) is 39.2 Å². The van der Waals surface area contributed by atoms with Gasteiger partial charge in [-0.15, -0.1) is 0 Å². The van der Waals surface area contributed by atoms with Crippen LogP contribution >= 0.6 is 0 Å². The molecule has 2 rings (SSSR count). The van der Waals surface area contributed by atoms with Gasteiger partial charge in [-0.25, -0.2) is 0 Å². The van der Waals surface area contributed by atoms with E-state index in [1.54, 1.807) is 12.1 Å². The summed E-state index contributed by atoms with van der Waals surface area (Å²) in [6.07, 6.45) is 2.55. The molecule has 2 N–H and O–H groups in total. The minimum Gasteiger partial charge on any atom is -0.378 e. The van der Waals surface area contributed by atoms with E-state index in [4.69, 9.17) is 9.47 Å². The van der Waals surface area contributed by atoms with E-state index in [0.717, 1.165) is 25.0 Å². The van der Waals surface area contributed by atoms with Crippen molar-refractivity contribution >= 4 is 17.5 Å². The van der Waals surface area contributed by atoms with Crippen LogP contribution in [0.4, 0.5) is 5.69 Å². The lowest BCUT2D eigenvalue weighted by molar-refractivity contribution is -0.117. The number of nitrogens with one attached hydrogen (secondary N) is 2. The van der Waals surface area contributed by atoms with Crippen molar-refractivity contribution in [3.8, 4) is 0 Å². The van der Waals surface area contributed by atoms with Gasteiger partial charge < -0.3 is 20.1 Å². The van der Waals surface area contributed by atoms with Gasteiger partial charge in [-0.3, -0.25) is 9.59 Å². The molecule has 1 saturated heterocycles. The van der Waals surface area contributed by atoms with E-state index in [1.165, 1.54) is 0 Å². The molecular weight excluding hydrogens is 308 g/mol. The van der Waals surface area contributed by atoms with E-state index in [2.05, 4.69) is 10.6 Å². The van der Waals surface area contributed by atoms with Crippen LogP contribution in [0.15, 0.2) is 18.2 Å². The molecule has 1 fully saturated rings. The van der Waals surface area contributed by atoms with E-state index in [9.17, 15) is 9.59 Å². The highest BCUT2D eigenvalue weighted by Crippen LogP contribution is 2.17. The standard InChI is InChI=1S/C18H26N2O4/c1-3-19-18(22)14-7-6-13(2)16(11-14)20-17(21)8-10-23-12-15-5-4-9-24-15/h6-7,11,15H,3-5,8-10,12H2,1-2H3,(H,19,22)(H,20,21). The number of hydrogen-bond acceptors (Lipinski definition) is 4. The first-order valence-corrected chi connectivity index (χ1v) is 8.48. The third-order valence-electron chi connectivity index (χ3n) is 3.91. The van der Waals surface area contributed by atoms with Crippen LogP contribution in [0, 0.1) is 6.92 Å². The molecule has 0 spiro atoms. The van der Waals surface area contributed by atoms with Gasteiger partial charge in [0.2, 0.25) is 5.91 Å². The molecule has 1 aliphatic rings. The van der Waals surface area contributed by atoms with Gasteiger partial charge >= 0.3 is 0 Å². The minimum atomic E-state index is -0.145. The highest BCUT2D eigenvalue weighted by molar-refractivity contribution is 5.97. The second-order valence-electron chi connectivity index (χ2n) is 5.90. The molecule has 6 nitrogen and oxygen atoms in total. The Labute approximate surface area is 142 Å². The average molecular weight is 334 g/mol. The van der Waals surface area contributed by atoms with Crippen LogP contribution in [0.1, 0.15) is 42.1 Å². The zero-order valence-corrected chi connectivity index (χ0v) is 14.4. The van der Waals surface area contributed by atoms with Gasteiger partial charge in [-0.05, 0) is 44.4 Å². The summed E-state index contributed by atoms with van der Waals surface area (Å²) in [7, 11) is 0. The SMILES string of the molecule is CCNC(=O)c1ccc(C)c(NC(=O)CCOCC2CCCO2)c1. The maximum Gasteiger partial charge on any atom is 0.251 e.